The van der Waals surface area contributed by atoms with Crippen molar-refractivity contribution >= 4 is 57.7 Å². The molecule has 134 valence electrons. The fourth-order valence-electron chi connectivity index (χ4n) is 2.21. The van der Waals surface area contributed by atoms with Crippen LogP contribution in [0.25, 0.3) is 0 Å². The third kappa shape index (κ3) is 4.71. The molecule has 1 N–H and O–H groups in total. The smallest absolute Gasteiger partial charge is 0.265 e. The molecule has 0 aliphatic heterocycles. The summed E-state index contributed by atoms with van der Waals surface area (Å²) in [6.45, 7) is 2.29. The Bertz CT molecular complexity index is 956. The van der Waals surface area contributed by atoms with Gasteiger partial charge in [0.1, 0.15) is 12.4 Å². The summed E-state index contributed by atoms with van der Waals surface area (Å²) in [5.74, 6) is 0.530. The maximum Gasteiger partial charge on any atom is 0.265 e. The fraction of sp³-hybridized carbons (Fsp3) is 0.105. The summed E-state index contributed by atoms with van der Waals surface area (Å²) in [5.41, 5.74) is 2.46. The summed E-state index contributed by atoms with van der Waals surface area (Å²) in [6.07, 6.45) is 0. The monoisotopic (exact) mass is 425 g/mol. The number of rotatable bonds is 5. The predicted molar refractivity (Wildman–Crippen MR) is 109 cm³/mol. The fourth-order valence-corrected chi connectivity index (χ4v) is 3.42. The van der Waals surface area contributed by atoms with E-state index in [1.807, 2.05) is 24.4 Å². The first-order valence-electron chi connectivity index (χ1n) is 7.65. The molecule has 0 unspecified atom stereocenters. The number of ether oxygens (including phenoxy) is 1. The second-order valence-electron chi connectivity index (χ2n) is 5.60. The highest BCUT2D eigenvalue weighted by atomic mass is 35.5. The number of hydrogen-bond acceptors (Lipinski definition) is 3. The van der Waals surface area contributed by atoms with E-state index in [1.165, 1.54) is 11.3 Å². The number of benzene rings is 2. The van der Waals surface area contributed by atoms with Gasteiger partial charge in [0.25, 0.3) is 5.91 Å². The molecule has 1 aromatic heterocycles. The molecular weight excluding hydrogens is 413 g/mol. The largest absolute Gasteiger partial charge is 0.489 e. The lowest BCUT2D eigenvalue weighted by Gasteiger charge is -2.06. The zero-order chi connectivity index (χ0) is 18.7. The van der Waals surface area contributed by atoms with Gasteiger partial charge in [0.2, 0.25) is 0 Å². The molecule has 26 heavy (non-hydrogen) atoms. The van der Waals surface area contributed by atoms with Crippen molar-refractivity contribution in [2.45, 2.75) is 13.5 Å². The number of anilines is 1. The number of amides is 1. The van der Waals surface area contributed by atoms with Crippen molar-refractivity contribution in [1.29, 1.82) is 0 Å². The highest BCUT2D eigenvalue weighted by Crippen LogP contribution is 2.26. The first-order valence-corrected chi connectivity index (χ1v) is 9.66. The zero-order valence-corrected chi connectivity index (χ0v) is 16.8. The van der Waals surface area contributed by atoms with Gasteiger partial charge in [0, 0.05) is 16.3 Å². The standard InChI is InChI=1S/C19H14Cl3NO2S/c1-11-6-14(3-5-15(11)20)25-9-12-7-18(26-10-12)19(24)23-13-2-4-16(21)17(22)8-13/h2-8,10H,9H2,1H3,(H,23,24). The van der Waals surface area contributed by atoms with Crippen molar-refractivity contribution in [3.8, 4) is 5.75 Å². The molecule has 0 saturated heterocycles. The van der Waals surface area contributed by atoms with Gasteiger partial charge >= 0.3 is 0 Å². The summed E-state index contributed by atoms with van der Waals surface area (Å²) in [4.78, 5) is 12.9. The third-order valence-corrected chi connectivity index (χ3v) is 5.73. The van der Waals surface area contributed by atoms with E-state index in [1.54, 1.807) is 30.3 Å². The van der Waals surface area contributed by atoms with Crippen LogP contribution in [0.3, 0.4) is 0 Å². The molecular formula is C19H14Cl3NO2S. The number of carbonyl (C=O) groups is 1. The Morgan fingerprint density at radius 3 is 2.54 bits per heavy atom. The van der Waals surface area contributed by atoms with Gasteiger partial charge in [-0.3, -0.25) is 4.79 Å². The Hall–Kier alpha value is -1.72. The lowest BCUT2D eigenvalue weighted by atomic mass is 10.2. The zero-order valence-electron chi connectivity index (χ0n) is 13.7. The molecule has 1 heterocycles. The van der Waals surface area contributed by atoms with Crippen LogP contribution >= 0.6 is 46.1 Å². The molecule has 3 nitrogen and oxygen atoms in total. The SMILES string of the molecule is Cc1cc(OCc2csc(C(=O)Nc3ccc(Cl)c(Cl)c3)c2)ccc1Cl. The third-order valence-electron chi connectivity index (χ3n) is 3.59. The van der Waals surface area contributed by atoms with Crippen molar-refractivity contribution in [3.63, 3.8) is 0 Å². The number of hydrogen-bond donors (Lipinski definition) is 1. The number of aryl methyl sites for hydroxylation is 1. The quantitative estimate of drug-likeness (QED) is 0.484. The summed E-state index contributed by atoms with van der Waals surface area (Å²) >= 11 is 19.2. The highest BCUT2D eigenvalue weighted by molar-refractivity contribution is 7.12. The summed E-state index contributed by atoms with van der Waals surface area (Å²) in [7, 11) is 0. The summed E-state index contributed by atoms with van der Waals surface area (Å²) < 4.78 is 5.75. The van der Waals surface area contributed by atoms with Crippen molar-refractivity contribution in [2.24, 2.45) is 0 Å². The summed E-state index contributed by atoms with van der Waals surface area (Å²) in [5, 5.41) is 6.23. The molecule has 0 radical (unpaired) electrons. The van der Waals surface area contributed by atoms with E-state index in [9.17, 15) is 4.79 Å². The topological polar surface area (TPSA) is 38.3 Å². The molecule has 0 fully saturated rings. The number of halogens is 3. The van der Waals surface area contributed by atoms with Crippen LogP contribution in [0.2, 0.25) is 15.1 Å². The van der Waals surface area contributed by atoms with Gasteiger partial charge in [0.05, 0.1) is 14.9 Å². The maximum atomic E-state index is 12.3. The second-order valence-corrected chi connectivity index (χ2v) is 7.73. The first kappa shape index (κ1) is 19.1. The van der Waals surface area contributed by atoms with Gasteiger partial charge in [0.15, 0.2) is 0 Å². The molecule has 0 bridgehead atoms. The molecule has 1 amide bonds. The normalized spacial score (nSPS) is 10.6. The van der Waals surface area contributed by atoms with Crippen LogP contribution in [0.1, 0.15) is 20.8 Å². The predicted octanol–water partition coefficient (Wildman–Crippen LogP) is 6.85. The van der Waals surface area contributed by atoms with Crippen molar-refractivity contribution in [1.82, 2.24) is 0 Å². The van der Waals surface area contributed by atoms with Gasteiger partial charge < -0.3 is 10.1 Å². The van der Waals surface area contributed by atoms with Crippen LogP contribution in [-0.4, -0.2) is 5.91 Å². The van der Waals surface area contributed by atoms with Crippen molar-refractivity contribution in [3.05, 3.63) is 78.9 Å². The highest BCUT2D eigenvalue weighted by Gasteiger charge is 2.11. The second kappa shape index (κ2) is 8.31. The van der Waals surface area contributed by atoms with Crippen molar-refractivity contribution < 1.29 is 9.53 Å². The van der Waals surface area contributed by atoms with Crippen LogP contribution in [0, 0.1) is 6.92 Å². The first-order chi connectivity index (χ1) is 12.4. The van der Waals surface area contributed by atoms with E-state index in [0.717, 1.165) is 16.9 Å². The minimum absolute atomic E-state index is 0.207. The number of nitrogens with one attached hydrogen (secondary N) is 1. The number of thiophene rings is 1. The van der Waals surface area contributed by atoms with Crippen LogP contribution in [0.5, 0.6) is 5.75 Å². The van der Waals surface area contributed by atoms with Gasteiger partial charge in [-0.05, 0) is 60.3 Å². The van der Waals surface area contributed by atoms with Crippen LogP contribution in [-0.2, 0) is 6.61 Å². The molecule has 3 aromatic rings. The van der Waals surface area contributed by atoms with Crippen LogP contribution in [0.4, 0.5) is 5.69 Å². The van der Waals surface area contributed by atoms with Gasteiger partial charge in [-0.25, -0.2) is 0 Å². The minimum Gasteiger partial charge on any atom is -0.489 e. The Morgan fingerprint density at radius 2 is 1.81 bits per heavy atom. The maximum absolute atomic E-state index is 12.3. The van der Waals surface area contributed by atoms with E-state index in [2.05, 4.69) is 5.32 Å². The van der Waals surface area contributed by atoms with Crippen LogP contribution in [0.15, 0.2) is 47.8 Å². The van der Waals surface area contributed by atoms with Crippen LogP contribution < -0.4 is 10.1 Å². The minimum atomic E-state index is -0.207. The molecule has 0 saturated carbocycles. The van der Waals surface area contributed by atoms with Crippen molar-refractivity contribution in [2.75, 3.05) is 5.32 Å². The molecule has 7 heteroatoms. The van der Waals surface area contributed by atoms with E-state index in [0.29, 0.717) is 32.2 Å². The van der Waals surface area contributed by atoms with Gasteiger partial charge in [-0.2, -0.15) is 0 Å². The van der Waals surface area contributed by atoms with Gasteiger partial charge in [-0.1, -0.05) is 34.8 Å². The average Bonchev–Trinajstić information content (AvgIpc) is 3.08. The molecule has 0 aliphatic carbocycles. The average molecular weight is 427 g/mol. The van der Waals surface area contributed by atoms with Gasteiger partial charge in [-0.15, -0.1) is 11.3 Å². The Morgan fingerprint density at radius 1 is 1.04 bits per heavy atom. The molecule has 3 rings (SSSR count). The van der Waals surface area contributed by atoms with E-state index in [-0.39, 0.29) is 5.91 Å². The molecule has 0 aliphatic rings. The van der Waals surface area contributed by atoms with E-state index >= 15 is 0 Å². The van der Waals surface area contributed by atoms with E-state index < -0.39 is 0 Å². The Balaban J connectivity index is 1.62. The lowest BCUT2D eigenvalue weighted by molar-refractivity contribution is 0.103. The van der Waals surface area contributed by atoms with E-state index in [4.69, 9.17) is 39.5 Å². The Labute approximate surface area is 170 Å². The summed E-state index contributed by atoms with van der Waals surface area (Å²) in [6, 6.07) is 12.3. The molecule has 2 aromatic carbocycles. The number of carbonyl (C=O) groups excluding carboxylic acids is 1. The lowest BCUT2D eigenvalue weighted by Crippen LogP contribution is -2.10. The Kier molecular flexibility index (Phi) is 6.09. The molecule has 0 spiro atoms. The molecule has 0 atom stereocenters.